The molecule has 0 spiro atoms. The first-order valence-corrected chi connectivity index (χ1v) is 4.98. The minimum absolute atomic E-state index is 0.244. The summed E-state index contributed by atoms with van der Waals surface area (Å²) in [4.78, 5) is -0.244. The molecule has 13 heavy (non-hydrogen) atoms. The van der Waals surface area contributed by atoms with Gasteiger partial charge in [0.15, 0.2) is 0 Å². The summed E-state index contributed by atoms with van der Waals surface area (Å²) in [5.41, 5.74) is 2.53. The predicted octanol–water partition coefficient (Wildman–Crippen LogP) is 2.71. The normalized spacial score (nSPS) is 19.5. The third-order valence-electron chi connectivity index (χ3n) is 2.54. The molecule has 2 rings (SSSR count). The fraction of sp³-hybridized carbons (Fsp3) is 0.455. The van der Waals surface area contributed by atoms with Crippen LogP contribution in [0.25, 0.3) is 0 Å². The van der Waals surface area contributed by atoms with Crippen LogP contribution in [0.15, 0.2) is 24.3 Å². The Labute approximate surface area is 83.7 Å². The van der Waals surface area contributed by atoms with E-state index in [1.54, 1.807) is 0 Å². The molecule has 1 fully saturated rings. The quantitative estimate of drug-likeness (QED) is 0.661. The average Bonchev–Trinajstić information content (AvgIpc) is 2.14. The van der Waals surface area contributed by atoms with E-state index in [1.807, 2.05) is 0 Å². The monoisotopic (exact) mass is 196 g/mol. The molecule has 0 unspecified atom stereocenters. The Morgan fingerprint density at radius 3 is 2.31 bits per heavy atom. The van der Waals surface area contributed by atoms with Gasteiger partial charge in [0.2, 0.25) is 0 Å². The molecule has 0 radical (unpaired) electrons. The van der Waals surface area contributed by atoms with E-state index in [-0.39, 0.29) is 4.87 Å². The van der Waals surface area contributed by atoms with Gasteiger partial charge in [-0.3, -0.25) is 0 Å². The van der Waals surface area contributed by atoms with Crippen molar-refractivity contribution in [3.63, 3.8) is 0 Å². The fourth-order valence-corrected chi connectivity index (χ4v) is 1.77. The summed E-state index contributed by atoms with van der Waals surface area (Å²) < 4.78 is 5.12. The Morgan fingerprint density at radius 1 is 1.31 bits per heavy atom. The summed E-state index contributed by atoms with van der Waals surface area (Å²) >= 11 is 6.30. The number of halogens is 1. The van der Waals surface area contributed by atoms with Gasteiger partial charge in [-0.05, 0) is 17.5 Å². The molecule has 0 bridgehead atoms. The molecule has 1 nitrogen and oxygen atoms in total. The highest BCUT2D eigenvalue weighted by atomic mass is 35.5. The first-order chi connectivity index (χ1) is 6.24. The second kappa shape index (κ2) is 3.32. The second-order valence-electron chi connectivity index (χ2n) is 3.51. The molecule has 0 aromatic heterocycles. The van der Waals surface area contributed by atoms with Gasteiger partial charge in [-0.25, -0.2) is 0 Å². The third-order valence-corrected chi connectivity index (χ3v) is 2.98. The van der Waals surface area contributed by atoms with E-state index in [2.05, 4.69) is 31.2 Å². The Hall–Kier alpha value is -0.530. The van der Waals surface area contributed by atoms with Gasteiger partial charge in [0.05, 0.1) is 13.2 Å². The van der Waals surface area contributed by atoms with E-state index in [0.717, 1.165) is 6.42 Å². The van der Waals surface area contributed by atoms with Gasteiger partial charge in [-0.15, -0.1) is 11.6 Å². The first-order valence-electron chi connectivity index (χ1n) is 4.61. The van der Waals surface area contributed by atoms with E-state index < -0.39 is 0 Å². The number of aryl methyl sites for hydroxylation is 1. The topological polar surface area (TPSA) is 9.23 Å². The molecule has 2 heteroatoms. The van der Waals surface area contributed by atoms with Crippen LogP contribution in [0.4, 0.5) is 0 Å². The number of hydrogen-bond acceptors (Lipinski definition) is 1. The van der Waals surface area contributed by atoms with Crippen molar-refractivity contribution in [2.45, 2.75) is 18.2 Å². The SMILES string of the molecule is CCc1ccc(C2(Cl)COC2)cc1. The molecule has 0 saturated carbocycles. The molecular formula is C11H13ClO. The Kier molecular flexibility index (Phi) is 2.31. The molecular weight excluding hydrogens is 184 g/mol. The van der Waals surface area contributed by atoms with Crippen LogP contribution in [0.1, 0.15) is 18.1 Å². The molecule has 0 aliphatic carbocycles. The van der Waals surface area contributed by atoms with Crippen molar-refractivity contribution in [2.24, 2.45) is 0 Å². The van der Waals surface area contributed by atoms with Crippen molar-refractivity contribution in [3.8, 4) is 0 Å². The van der Waals surface area contributed by atoms with Crippen molar-refractivity contribution >= 4 is 11.6 Å². The van der Waals surface area contributed by atoms with Crippen molar-refractivity contribution in [1.29, 1.82) is 0 Å². The molecule has 70 valence electrons. The molecule has 1 aliphatic rings. The lowest BCUT2D eigenvalue weighted by atomic mass is 9.95. The van der Waals surface area contributed by atoms with Crippen LogP contribution in [-0.2, 0) is 16.0 Å². The van der Waals surface area contributed by atoms with Gasteiger partial charge < -0.3 is 4.74 Å². The Morgan fingerprint density at radius 2 is 1.92 bits per heavy atom. The van der Waals surface area contributed by atoms with E-state index in [1.165, 1.54) is 11.1 Å². The van der Waals surface area contributed by atoms with Crippen LogP contribution in [0, 0.1) is 0 Å². The zero-order valence-corrected chi connectivity index (χ0v) is 8.47. The molecule has 1 saturated heterocycles. The maximum Gasteiger partial charge on any atom is 0.116 e. The lowest BCUT2D eigenvalue weighted by Gasteiger charge is -2.35. The van der Waals surface area contributed by atoms with Gasteiger partial charge in [-0.2, -0.15) is 0 Å². The molecule has 0 atom stereocenters. The fourth-order valence-electron chi connectivity index (χ4n) is 1.49. The summed E-state index contributed by atoms with van der Waals surface area (Å²) in [6, 6.07) is 8.48. The van der Waals surface area contributed by atoms with E-state index >= 15 is 0 Å². The standard InChI is InChI=1S/C11H13ClO/c1-2-9-3-5-10(6-4-9)11(12)7-13-8-11/h3-6H,2,7-8H2,1H3. The van der Waals surface area contributed by atoms with Gasteiger partial charge in [0.1, 0.15) is 4.87 Å². The zero-order valence-electron chi connectivity index (χ0n) is 7.72. The second-order valence-corrected chi connectivity index (χ2v) is 4.23. The number of hydrogen-bond donors (Lipinski definition) is 0. The van der Waals surface area contributed by atoms with Crippen LogP contribution in [-0.4, -0.2) is 13.2 Å². The summed E-state index contributed by atoms with van der Waals surface area (Å²) in [5.74, 6) is 0. The summed E-state index contributed by atoms with van der Waals surface area (Å²) in [5, 5.41) is 0. The molecule has 1 aliphatic heterocycles. The van der Waals surface area contributed by atoms with E-state index in [4.69, 9.17) is 16.3 Å². The smallest absolute Gasteiger partial charge is 0.116 e. The van der Waals surface area contributed by atoms with Gasteiger partial charge in [-0.1, -0.05) is 31.2 Å². The van der Waals surface area contributed by atoms with Gasteiger partial charge in [0, 0.05) is 0 Å². The Balaban J connectivity index is 2.22. The maximum atomic E-state index is 6.30. The highest BCUT2D eigenvalue weighted by Gasteiger charge is 2.37. The zero-order chi connectivity index (χ0) is 9.31. The number of benzene rings is 1. The van der Waals surface area contributed by atoms with Gasteiger partial charge in [0.25, 0.3) is 0 Å². The minimum atomic E-state index is -0.244. The molecule has 1 aromatic carbocycles. The molecule has 1 aromatic rings. The third kappa shape index (κ3) is 1.59. The highest BCUT2D eigenvalue weighted by molar-refractivity contribution is 6.24. The summed E-state index contributed by atoms with van der Waals surface area (Å²) in [7, 11) is 0. The van der Waals surface area contributed by atoms with Crippen LogP contribution in [0.2, 0.25) is 0 Å². The van der Waals surface area contributed by atoms with Crippen molar-refractivity contribution in [3.05, 3.63) is 35.4 Å². The number of ether oxygens (including phenoxy) is 1. The Bertz CT molecular complexity index is 287. The van der Waals surface area contributed by atoms with Crippen LogP contribution >= 0.6 is 11.6 Å². The number of rotatable bonds is 2. The van der Waals surface area contributed by atoms with Crippen LogP contribution in [0.3, 0.4) is 0 Å². The number of alkyl halides is 1. The summed E-state index contributed by atoms with van der Waals surface area (Å²) in [6.07, 6.45) is 1.08. The van der Waals surface area contributed by atoms with Gasteiger partial charge >= 0.3 is 0 Å². The van der Waals surface area contributed by atoms with Crippen molar-refractivity contribution in [2.75, 3.05) is 13.2 Å². The van der Waals surface area contributed by atoms with E-state index in [0.29, 0.717) is 13.2 Å². The summed E-state index contributed by atoms with van der Waals surface area (Å²) in [6.45, 7) is 3.43. The van der Waals surface area contributed by atoms with Crippen molar-refractivity contribution < 1.29 is 4.74 Å². The molecule has 1 heterocycles. The molecule has 0 N–H and O–H groups in total. The maximum absolute atomic E-state index is 6.30. The molecule has 0 amide bonds. The van der Waals surface area contributed by atoms with Crippen molar-refractivity contribution in [1.82, 2.24) is 0 Å². The largest absolute Gasteiger partial charge is 0.377 e. The van der Waals surface area contributed by atoms with E-state index in [9.17, 15) is 0 Å². The lowest BCUT2D eigenvalue weighted by Crippen LogP contribution is -2.41. The minimum Gasteiger partial charge on any atom is -0.377 e. The van der Waals surface area contributed by atoms with Crippen LogP contribution < -0.4 is 0 Å². The first kappa shape index (κ1) is 9.04. The highest BCUT2D eigenvalue weighted by Crippen LogP contribution is 2.36. The van der Waals surface area contributed by atoms with Crippen LogP contribution in [0.5, 0.6) is 0 Å². The lowest BCUT2D eigenvalue weighted by molar-refractivity contribution is -0.0152. The average molecular weight is 197 g/mol. The predicted molar refractivity (Wildman–Crippen MR) is 54.2 cm³/mol.